The number of aromatic nitrogens is 1. The Balaban J connectivity index is 2.03. The molecule has 0 saturated carbocycles. The third-order valence-electron chi connectivity index (χ3n) is 2.67. The van der Waals surface area contributed by atoms with Crippen molar-refractivity contribution in [2.75, 3.05) is 10.6 Å². The molecule has 1 aromatic heterocycles. The molecular weight excluding hydrogens is 374 g/mol. The number of rotatable bonds is 2. The molecule has 0 unspecified atom stereocenters. The molecule has 112 valence electrons. The molecule has 2 N–H and O–H groups in total. The normalized spacial score (nSPS) is 11.3. The first-order valence-electron chi connectivity index (χ1n) is 6.26. The van der Waals surface area contributed by atoms with Crippen LogP contribution in [0.15, 0.2) is 33.3 Å². The van der Waals surface area contributed by atoms with Crippen molar-refractivity contribution in [2.24, 2.45) is 0 Å². The lowest BCUT2D eigenvalue weighted by Gasteiger charge is -2.12. The van der Waals surface area contributed by atoms with Gasteiger partial charge in [0, 0.05) is 16.0 Å². The van der Waals surface area contributed by atoms with E-state index in [1.807, 2.05) is 18.2 Å². The van der Waals surface area contributed by atoms with E-state index in [2.05, 4.69) is 52.5 Å². The van der Waals surface area contributed by atoms with Gasteiger partial charge in [-0.25, -0.2) is 0 Å². The van der Waals surface area contributed by atoms with Crippen LogP contribution in [0.4, 0.5) is 11.5 Å². The van der Waals surface area contributed by atoms with Crippen LogP contribution in [0.3, 0.4) is 0 Å². The molecule has 1 heterocycles. The molecule has 0 aliphatic rings. The van der Waals surface area contributed by atoms with Crippen molar-refractivity contribution in [2.45, 2.75) is 26.2 Å². The van der Waals surface area contributed by atoms with Gasteiger partial charge in [0.15, 0.2) is 10.9 Å². The van der Waals surface area contributed by atoms with Crippen molar-refractivity contribution in [3.05, 3.63) is 39.5 Å². The molecule has 0 aliphatic heterocycles. The summed E-state index contributed by atoms with van der Waals surface area (Å²) in [5, 5.41) is 10.9. The van der Waals surface area contributed by atoms with Crippen LogP contribution in [-0.4, -0.2) is 10.3 Å². The Morgan fingerprint density at radius 1 is 1.29 bits per heavy atom. The van der Waals surface area contributed by atoms with Gasteiger partial charge in [-0.2, -0.15) is 0 Å². The number of halogens is 2. The highest BCUT2D eigenvalue weighted by atomic mass is 79.9. The van der Waals surface area contributed by atoms with E-state index < -0.39 is 0 Å². The van der Waals surface area contributed by atoms with E-state index in [1.54, 1.807) is 6.07 Å². The van der Waals surface area contributed by atoms with E-state index in [1.165, 1.54) is 0 Å². The van der Waals surface area contributed by atoms with Crippen molar-refractivity contribution in [1.29, 1.82) is 0 Å². The molecule has 2 aromatic rings. The molecule has 4 nitrogen and oxygen atoms in total. The molecular formula is C14H15BrClN3OS. The topological polar surface area (TPSA) is 50.1 Å². The van der Waals surface area contributed by atoms with Gasteiger partial charge in [-0.15, -0.1) is 0 Å². The third-order valence-corrected chi connectivity index (χ3v) is 3.68. The fraction of sp³-hybridized carbons (Fsp3) is 0.286. The van der Waals surface area contributed by atoms with Gasteiger partial charge >= 0.3 is 0 Å². The Hall–Kier alpha value is -1.11. The molecule has 0 bridgehead atoms. The number of benzene rings is 1. The van der Waals surface area contributed by atoms with E-state index in [4.69, 9.17) is 28.3 Å². The predicted molar refractivity (Wildman–Crippen MR) is 94.2 cm³/mol. The van der Waals surface area contributed by atoms with Gasteiger partial charge in [-0.1, -0.05) is 53.5 Å². The minimum absolute atomic E-state index is 0.100. The number of thiocarbonyl (C=S) groups is 1. The largest absolute Gasteiger partial charge is 0.359 e. The zero-order valence-corrected chi connectivity index (χ0v) is 15.0. The molecule has 0 spiro atoms. The molecule has 1 aromatic carbocycles. The Labute approximate surface area is 142 Å². The zero-order valence-electron chi connectivity index (χ0n) is 11.8. The fourth-order valence-corrected chi connectivity index (χ4v) is 2.48. The average molecular weight is 389 g/mol. The van der Waals surface area contributed by atoms with Crippen LogP contribution in [-0.2, 0) is 5.41 Å². The van der Waals surface area contributed by atoms with Crippen LogP contribution in [0.2, 0.25) is 5.02 Å². The minimum atomic E-state index is -0.100. The summed E-state index contributed by atoms with van der Waals surface area (Å²) in [4.78, 5) is 0. The summed E-state index contributed by atoms with van der Waals surface area (Å²) >= 11 is 14.7. The second kappa shape index (κ2) is 6.34. The van der Waals surface area contributed by atoms with E-state index in [0.29, 0.717) is 16.0 Å². The highest BCUT2D eigenvalue weighted by Crippen LogP contribution is 2.26. The smallest absolute Gasteiger partial charge is 0.176 e. The minimum Gasteiger partial charge on any atom is -0.359 e. The first-order chi connectivity index (χ1) is 9.75. The summed E-state index contributed by atoms with van der Waals surface area (Å²) in [5.41, 5.74) is 0.619. The molecule has 0 atom stereocenters. The Morgan fingerprint density at radius 2 is 2.00 bits per heavy atom. The van der Waals surface area contributed by atoms with Crippen LogP contribution < -0.4 is 10.6 Å². The summed E-state index contributed by atoms with van der Waals surface area (Å²) in [5.74, 6) is 1.35. The molecule has 0 saturated heterocycles. The predicted octanol–water partition coefficient (Wildman–Crippen LogP) is 5.20. The van der Waals surface area contributed by atoms with Crippen molar-refractivity contribution in [3.63, 3.8) is 0 Å². The Kier molecular flexibility index (Phi) is 4.91. The van der Waals surface area contributed by atoms with E-state index in [9.17, 15) is 0 Å². The van der Waals surface area contributed by atoms with Gasteiger partial charge in [-0.3, -0.25) is 0 Å². The molecule has 0 fully saturated rings. The molecule has 21 heavy (non-hydrogen) atoms. The van der Waals surface area contributed by atoms with Crippen LogP contribution >= 0.6 is 39.7 Å². The van der Waals surface area contributed by atoms with Crippen LogP contribution in [0, 0.1) is 0 Å². The lowest BCUT2D eigenvalue weighted by atomic mass is 9.93. The molecule has 0 aliphatic carbocycles. The number of anilines is 2. The van der Waals surface area contributed by atoms with Crippen molar-refractivity contribution >= 4 is 56.4 Å². The lowest BCUT2D eigenvalue weighted by molar-refractivity contribution is 0.331. The van der Waals surface area contributed by atoms with Gasteiger partial charge in [-0.05, 0) is 30.4 Å². The Morgan fingerprint density at radius 3 is 2.57 bits per heavy atom. The van der Waals surface area contributed by atoms with Crippen molar-refractivity contribution in [1.82, 2.24) is 5.16 Å². The third kappa shape index (κ3) is 4.43. The first kappa shape index (κ1) is 16.3. The number of hydrogen-bond donors (Lipinski definition) is 2. The van der Waals surface area contributed by atoms with Gasteiger partial charge in [0.1, 0.15) is 5.76 Å². The maximum Gasteiger partial charge on any atom is 0.176 e. The average Bonchev–Trinajstić information content (AvgIpc) is 2.81. The first-order valence-corrected chi connectivity index (χ1v) is 7.84. The van der Waals surface area contributed by atoms with Crippen molar-refractivity contribution in [3.8, 4) is 0 Å². The monoisotopic (exact) mass is 387 g/mol. The maximum atomic E-state index is 6.13. The van der Waals surface area contributed by atoms with E-state index >= 15 is 0 Å². The second-order valence-corrected chi connectivity index (χ2v) is 7.26. The van der Waals surface area contributed by atoms with Gasteiger partial charge < -0.3 is 15.2 Å². The molecule has 7 heteroatoms. The summed E-state index contributed by atoms with van der Waals surface area (Å²) < 4.78 is 6.19. The number of hydrogen-bond acceptors (Lipinski definition) is 3. The standard InChI is InChI=1S/C14H15BrClN3OS/c1-14(2,3)11-7-12(19-20-11)18-13(21)17-10-5-4-8(15)6-9(10)16/h4-7H,1-3H3,(H2,17,18,19,21). The zero-order chi connectivity index (χ0) is 15.6. The van der Waals surface area contributed by atoms with Crippen LogP contribution in [0.1, 0.15) is 26.5 Å². The highest BCUT2D eigenvalue weighted by molar-refractivity contribution is 9.10. The van der Waals surface area contributed by atoms with Crippen molar-refractivity contribution < 1.29 is 4.52 Å². The van der Waals surface area contributed by atoms with E-state index in [-0.39, 0.29) is 5.41 Å². The summed E-state index contributed by atoms with van der Waals surface area (Å²) in [6.07, 6.45) is 0. The summed E-state index contributed by atoms with van der Waals surface area (Å²) in [6.45, 7) is 6.15. The summed E-state index contributed by atoms with van der Waals surface area (Å²) in [7, 11) is 0. The molecule has 0 amide bonds. The van der Waals surface area contributed by atoms with E-state index in [0.717, 1.165) is 15.9 Å². The number of nitrogens with one attached hydrogen (secondary N) is 2. The molecule has 0 radical (unpaired) electrons. The highest BCUT2D eigenvalue weighted by Gasteiger charge is 2.20. The number of nitrogens with zero attached hydrogens (tertiary/aromatic N) is 1. The van der Waals surface area contributed by atoms with Crippen LogP contribution in [0.25, 0.3) is 0 Å². The van der Waals surface area contributed by atoms with Gasteiger partial charge in [0.05, 0.1) is 10.7 Å². The van der Waals surface area contributed by atoms with Crippen LogP contribution in [0.5, 0.6) is 0 Å². The second-order valence-electron chi connectivity index (χ2n) is 5.53. The Bertz CT molecular complexity index is 666. The fourth-order valence-electron chi connectivity index (χ4n) is 1.55. The SMILES string of the molecule is CC(C)(C)c1cc(NC(=S)Nc2ccc(Br)cc2Cl)no1. The quantitative estimate of drug-likeness (QED) is 0.693. The maximum absolute atomic E-state index is 6.13. The van der Waals surface area contributed by atoms with Gasteiger partial charge in [0.2, 0.25) is 0 Å². The molecule has 2 rings (SSSR count). The van der Waals surface area contributed by atoms with Gasteiger partial charge in [0.25, 0.3) is 0 Å². The summed E-state index contributed by atoms with van der Waals surface area (Å²) in [6, 6.07) is 7.34. The lowest BCUT2D eigenvalue weighted by Crippen LogP contribution is -2.19.